The predicted molar refractivity (Wildman–Crippen MR) is 127 cm³/mol. The monoisotopic (exact) mass is 467 g/mol. The largest absolute Gasteiger partial charge is 0.465 e. The molecule has 2 fully saturated rings. The number of carbonyl (C=O) groups is 3. The average molecular weight is 467 g/mol. The van der Waals surface area contributed by atoms with Gasteiger partial charge in [-0.3, -0.25) is 9.59 Å². The molecule has 1 atom stereocenters. The molecule has 0 spiro atoms. The number of nitrogens with one attached hydrogen (secondary N) is 3. The number of rotatable bonds is 9. The standard InChI is InChI=1S/C23H42BN3O6/c1-15(28)26-23(18(29)27-20(2,3)4,16-13-17(14-16)25-19(30)31)11-9-10-12-24-32-21(5,6)22(7,8)33-24/h16-17,25H,9-14H2,1-8H3,(H,26,28)(H,27,29)(H,30,31)/t16-,17-,23-/m0/s1. The third-order valence-electron chi connectivity index (χ3n) is 7.02. The molecule has 188 valence electrons. The van der Waals surface area contributed by atoms with Crippen LogP contribution < -0.4 is 16.0 Å². The van der Waals surface area contributed by atoms with E-state index >= 15 is 0 Å². The summed E-state index contributed by atoms with van der Waals surface area (Å²) in [6.07, 6.45) is 2.53. The lowest BCUT2D eigenvalue weighted by Crippen LogP contribution is -2.68. The summed E-state index contributed by atoms with van der Waals surface area (Å²) in [4.78, 5) is 36.7. The summed E-state index contributed by atoms with van der Waals surface area (Å²) in [7, 11) is -0.304. The Morgan fingerprint density at radius 3 is 2.00 bits per heavy atom. The number of carbonyl (C=O) groups excluding carboxylic acids is 2. The van der Waals surface area contributed by atoms with E-state index in [0.29, 0.717) is 32.0 Å². The Balaban J connectivity index is 2.10. The summed E-state index contributed by atoms with van der Waals surface area (Å²) < 4.78 is 12.1. The summed E-state index contributed by atoms with van der Waals surface area (Å²) in [6, 6.07) is -0.215. The highest BCUT2D eigenvalue weighted by Gasteiger charge is 2.53. The smallest absolute Gasteiger partial charge is 0.457 e. The Hall–Kier alpha value is -1.81. The molecule has 1 aliphatic carbocycles. The fourth-order valence-corrected chi connectivity index (χ4v) is 4.60. The third kappa shape index (κ3) is 6.85. The van der Waals surface area contributed by atoms with Crippen molar-refractivity contribution in [2.24, 2.45) is 5.92 Å². The first-order valence-electron chi connectivity index (χ1n) is 11.9. The molecule has 9 nitrogen and oxygen atoms in total. The summed E-state index contributed by atoms with van der Waals surface area (Å²) in [5.74, 6) is -0.656. The maximum Gasteiger partial charge on any atom is 0.457 e. The number of carboxylic acid groups (broad SMARTS) is 1. The fraction of sp³-hybridized carbons (Fsp3) is 0.870. The van der Waals surface area contributed by atoms with E-state index in [1.807, 2.05) is 48.5 Å². The molecule has 0 aromatic heterocycles. The van der Waals surface area contributed by atoms with Crippen LogP contribution in [0.3, 0.4) is 0 Å². The number of amides is 3. The first-order chi connectivity index (χ1) is 15.0. The van der Waals surface area contributed by atoms with Crippen LogP contribution in [0.5, 0.6) is 0 Å². The van der Waals surface area contributed by atoms with Crippen LogP contribution in [0.15, 0.2) is 0 Å². The minimum Gasteiger partial charge on any atom is -0.465 e. The quantitative estimate of drug-likeness (QED) is 0.305. The molecule has 10 heteroatoms. The minimum absolute atomic E-state index is 0.155. The van der Waals surface area contributed by atoms with Gasteiger partial charge in [0.1, 0.15) is 5.54 Å². The first kappa shape index (κ1) is 27.4. The van der Waals surface area contributed by atoms with Crippen LogP contribution in [0, 0.1) is 5.92 Å². The van der Waals surface area contributed by atoms with E-state index in [2.05, 4.69) is 16.0 Å². The van der Waals surface area contributed by atoms with E-state index in [-0.39, 0.29) is 42.1 Å². The normalized spacial score (nSPS) is 25.5. The number of hydrogen-bond donors (Lipinski definition) is 4. The highest BCUT2D eigenvalue weighted by Crippen LogP contribution is 2.41. The minimum atomic E-state index is -1.09. The van der Waals surface area contributed by atoms with Crippen LogP contribution >= 0.6 is 0 Å². The second-order valence-electron chi connectivity index (χ2n) is 11.6. The molecule has 4 N–H and O–H groups in total. The molecule has 3 amide bonds. The lowest BCUT2D eigenvalue weighted by Gasteiger charge is -2.48. The van der Waals surface area contributed by atoms with E-state index in [9.17, 15) is 14.4 Å². The molecule has 1 aliphatic heterocycles. The van der Waals surface area contributed by atoms with Gasteiger partial charge in [0.15, 0.2) is 0 Å². The van der Waals surface area contributed by atoms with Gasteiger partial charge in [-0.2, -0.15) is 0 Å². The molecule has 0 unspecified atom stereocenters. The Morgan fingerprint density at radius 1 is 1.00 bits per heavy atom. The molecule has 0 radical (unpaired) electrons. The SMILES string of the molecule is CC(=O)N[C@](CCCCB1OC(C)(C)C(C)(C)O1)(C(=O)NC(C)(C)C)[C@H]1C[C@H](NC(=O)O)C1. The van der Waals surface area contributed by atoms with Gasteiger partial charge in [0.25, 0.3) is 0 Å². The Labute approximate surface area is 198 Å². The molecular weight excluding hydrogens is 425 g/mol. The summed E-state index contributed by atoms with van der Waals surface area (Å²) >= 11 is 0. The van der Waals surface area contributed by atoms with Gasteiger partial charge in [-0.25, -0.2) is 4.79 Å². The van der Waals surface area contributed by atoms with Gasteiger partial charge in [-0.15, -0.1) is 0 Å². The van der Waals surface area contributed by atoms with Gasteiger partial charge >= 0.3 is 13.2 Å². The molecule has 2 rings (SSSR count). The molecule has 1 saturated carbocycles. The Kier molecular flexibility index (Phi) is 8.17. The van der Waals surface area contributed by atoms with Crippen molar-refractivity contribution in [3.8, 4) is 0 Å². The van der Waals surface area contributed by atoms with Gasteiger partial charge in [0.2, 0.25) is 11.8 Å². The van der Waals surface area contributed by atoms with Crippen LogP contribution in [0.4, 0.5) is 4.79 Å². The van der Waals surface area contributed by atoms with Crippen molar-refractivity contribution in [1.82, 2.24) is 16.0 Å². The zero-order valence-corrected chi connectivity index (χ0v) is 21.5. The molecule has 1 saturated heterocycles. The molecule has 0 aromatic rings. The number of unbranched alkanes of at least 4 members (excludes halogenated alkanes) is 1. The predicted octanol–water partition coefficient (Wildman–Crippen LogP) is 3.08. The molecule has 0 aromatic carbocycles. The molecule has 33 heavy (non-hydrogen) atoms. The summed E-state index contributed by atoms with van der Waals surface area (Å²) in [6.45, 7) is 15.2. The second kappa shape index (κ2) is 9.82. The lowest BCUT2D eigenvalue weighted by molar-refractivity contribution is -0.139. The maximum absolute atomic E-state index is 13.5. The van der Waals surface area contributed by atoms with E-state index < -0.39 is 17.2 Å². The average Bonchev–Trinajstić information content (AvgIpc) is 2.78. The van der Waals surface area contributed by atoms with E-state index in [1.165, 1.54) is 6.92 Å². The third-order valence-corrected chi connectivity index (χ3v) is 7.02. The highest BCUT2D eigenvalue weighted by molar-refractivity contribution is 6.45. The van der Waals surface area contributed by atoms with Crippen molar-refractivity contribution in [2.45, 2.75) is 122 Å². The van der Waals surface area contributed by atoms with Crippen molar-refractivity contribution < 1.29 is 28.8 Å². The van der Waals surface area contributed by atoms with Crippen molar-refractivity contribution in [3.63, 3.8) is 0 Å². The molecule has 1 heterocycles. The van der Waals surface area contributed by atoms with Crippen molar-refractivity contribution in [2.75, 3.05) is 0 Å². The van der Waals surface area contributed by atoms with E-state index in [0.717, 1.165) is 6.42 Å². The highest BCUT2D eigenvalue weighted by atomic mass is 16.7. The first-order valence-corrected chi connectivity index (χ1v) is 11.9. The van der Waals surface area contributed by atoms with Gasteiger partial charge in [-0.05, 0) is 80.0 Å². The fourth-order valence-electron chi connectivity index (χ4n) is 4.60. The van der Waals surface area contributed by atoms with Gasteiger partial charge in [-0.1, -0.05) is 12.8 Å². The topological polar surface area (TPSA) is 126 Å². The van der Waals surface area contributed by atoms with Crippen molar-refractivity contribution in [3.05, 3.63) is 0 Å². The van der Waals surface area contributed by atoms with Crippen molar-refractivity contribution >= 4 is 25.0 Å². The Bertz CT molecular complexity index is 729. The van der Waals surface area contributed by atoms with Crippen LogP contribution in [0.1, 0.15) is 87.5 Å². The lowest BCUT2D eigenvalue weighted by atomic mass is 9.65. The van der Waals surface area contributed by atoms with E-state index in [1.54, 1.807) is 0 Å². The van der Waals surface area contributed by atoms with Crippen LogP contribution in [0.2, 0.25) is 6.32 Å². The molecular formula is C23H42BN3O6. The van der Waals surface area contributed by atoms with Gasteiger partial charge in [0.05, 0.1) is 11.2 Å². The molecule has 2 aliphatic rings. The van der Waals surface area contributed by atoms with E-state index in [4.69, 9.17) is 14.4 Å². The summed E-state index contributed by atoms with van der Waals surface area (Å²) in [5, 5.41) is 17.5. The van der Waals surface area contributed by atoms with Gasteiger partial charge in [0, 0.05) is 18.5 Å². The maximum atomic E-state index is 13.5. The zero-order valence-electron chi connectivity index (χ0n) is 21.5. The second-order valence-corrected chi connectivity index (χ2v) is 11.6. The van der Waals surface area contributed by atoms with Gasteiger partial charge < -0.3 is 30.4 Å². The van der Waals surface area contributed by atoms with Crippen LogP contribution in [-0.2, 0) is 18.9 Å². The molecule has 0 bridgehead atoms. The van der Waals surface area contributed by atoms with Crippen LogP contribution in [-0.4, -0.2) is 58.5 Å². The number of hydrogen-bond acceptors (Lipinski definition) is 5. The Morgan fingerprint density at radius 2 is 1.55 bits per heavy atom. The van der Waals surface area contributed by atoms with Crippen LogP contribution in [0.25, 0.3) is 0 Å². The zero-order chi connectivity index (χ0) is 25.2. The van der Waals surface area contributed by atoms with Crippen molar-refractivity contribution in [1.29, 1.82) is 0 Å². The summed E-state index contributed by atoms with van der Waals surface area (Å²) in [5.41, 5.74) is -2.33.